The highest BCUT2D eigenvalue weighted by atomic mass is 32.2. The minimum absolute atomic E-state index is 0.175. The Morgan fingerprint density at radius 1 is 1.15 bits per heavy atom. The van der Waals surface area contributed by atoms with Gasteiger partial charge in [-0.1, -0.05) is 51.0 Å². The Hall–Kier alpha value is -1.59. The van der Waals surface area contributed by atoms with E-state index in [1.54, 1.807) is 0 Å². The third-order valence-electron chi connectivity index (χ3n) is 4.45. The van der Waals surface area contributed by atoms with Gasteiger partial charge in [0, 0.05) is 6.54 Å². The molecule has 1 aliphatic rings. The van der Waals surface area contributed by atoms with Gasteiger partial charge in [-0.15, -0.1) is 11.8 Å². The van der Waals surface area contributed by atoms with E-state index in [-0.39, 0.29) is 5.50 Å². The van der Waals surface area contributed by atoms with Gasteiger partial charge in [-0.05, 0) is 49.9 Å². The molecular weight excluding hydrogens is 340 g/mol. The molecule has 5 heteroatoms. The van der Waals surface area contributed by atoms with Crippen LogP contribution in [0, 0.1) is 0 Å². The Balaban J connectivity index is 2.17. The van der Waals surface area contributed by atoms with Gasteiger partial charge >= 0.3 is 0 Å². The molecule has 1 aliphatic heterocycles. The SMILES string of the molecule is CCCCCSC1NC(/C(N)=C/CN(C)C)=C(c2ccc(CC)cc2)N1. The van der Waals surface area contributed by atoms with Crippen molar-refractivity contribution in [1.82, 2.24) is 15.5 Å². The minimum atomic E-state index is 0.175. The molecular formula is C21H34N4S. The number of hydrogen-bond donors (Lipinski definition) is 3. The fourth-order valence-corrected chi connectivity index (χ4v) is 3.83. The lowest BCUT2D eigenvalue weighted by molar-refractivity contribution is 0.455. The second-order valence-corrected chi connectivity index (χ2v) is 8.18. The van der Waals surface area contributed by atoms with Crippen LogP contribution in [0.1, 0.15) is 44.2 Å². The summed E-state index contributed by atoms with van der Waals surface area (Å²) in [6.45, 7) is 5.25. The van der Waals surface area contributed by atoms with E-state index in [2.05, 4.69) is 73.8 Å². The standard InChI is InChI=1S/C21H34N4S/c1-5-7-8-15-26-21-23-19(17-11-9-16(6-2)10-12-17)20(24-21)18(22)13-14-25(3)4/h9-13,21,23-24H,5-8,14-15,22H2,1-4H3/b18-13-. The largest absolute Gasteiger partial charge is 0.397 e. The Labute approximate surface area is 163 Å². The molecule has 0 spiro atoms. The van der Waals surface area contributed by atoms with Gasteiger partial charge in [0.15, 0.2) is 0 Å². The number of rotatable bonds is 10. The number of aryl methyl sites for hydroxylation is 1. The minimum Gasteiger partial charge on any atom is -0.397 e. The summed E-state index contributed by atoms with van der Waals surface area (Å²) in [6.07, 6.45) is 6.93. The average molecular weight is 375 g/mol. The van der Waals surface area contributed by atoms with E-state index in [1.807, 2.05) is 11.8 Å². The van der Waals surface area contributed by atoms with Gasteiger partial charge in [0.25, 0.3) is 0 Å². The number of likely N-dealkylation sites (N-methyl/N-ethyl adjacent to an activating group) is 1. The van der Waals surface area contributed by atoms with Crippen LogP contribution in [0.25, 0.3) is 5.70 Å². The predicted octanol–water partition coefficient (Wildman–Crippen LogP) is 3.72. The molecule has 26 heavy (non-hydrogen) atoms. The first-order valence-corrected chi connectivity index (χ1v) is 10.7. The second-order valence-electron chi connectivity index (χ2n) is 6.97. The van der Waals surface area contributed by atoms with Crippen molar-refractivity contribution in [2.75, 3.05) is 26.4 Å². The monoisotopic (exact) mass is 374 g/mol. The van der Waals surface area contributed by atoms with Crippen molar-refractivity contribution < 1.29 is 0 Å². The molecule has 1 unspecified atom stereocenters. The zero-order valence-corrected chi connectivity index (χ0v) is 17.5. The predicted molar refractivity (Wildman–Crippen MR) is 116 cm³/mol. The van der Waals surface area contributed by atoms with Crippen molar-refractivity contribution in [2.45, 2.75) is 45.0 Å². The molecule has 1 aromatic carbocycles. The van der Waals surface area contributed by atoms with Gasteiger partial charge in [-0.2, -0.15) is 0 Å². The lowest BCUT2D eigenvalue weighted by atomic mass is 10.1. The van der Waals surface area contributed by atoms with Gasteiger partial charge in [0.2, 0.25) is 0 Å². The van der Waals surface area contributed by atoms with Crippen LogP contribution >= 0.6 is 11.8 Å². The molecule has 1 aromatic rings. The van der Waals surface area contributed by atoms with E-state index in [0.717, 1.165) is 35.8 Å². The Morgan fingerprint density at radius 3 is 2.50 bits per heavy atom. The van der Waals surface area contributed by atoms with Crippen LogP contribution in [0.3, 0.4) is 0 Å². The molecule has 144 valence electrons. The van der Waals surface area contributed by atoms with Gasteiger partial charge in [-0.3, -0.25) is 0 Å². The summed E-state index contributed by atoms with van der Waals surface area (Å²) in [6, 6.07) is 8.77. The Kier molecular flexibility index (Phi) is 8.39. The number of thioether (sulfide) groups is 1. The highest BCUT2D eigenvalue weighted by molar-refractivity contribution is 7.99. The molecule has 4 nitrogen and oxygen atoms in total. The summed E-state index contributed by atoms with van der Waals surface area (Å²) >= 11 is 1.92. The fourth-order valence-electron chi connectivity index (χ4n) is 2.82. The molecule has 0 radical (unpaired) electrons. The first-order valence-electron chi connectivity index (χ1n) is 9.64. The third kappa shape index (κ3) is 5.99. The van der Waals surface area contributed by atoms with E-state index >= 15 is 0 Å². The molecule has 0 fully saturated rings. The Bertz CT molecular complexity index is 619. The topological polar surface area (TPSA) is 53.3 Å². The van der Waals surface area contributed by atoms with Crippen molar-refractivity contribution >= 4 is 17.5 Å². The highest BCUT2D eigenvalue weighted by Gasteiger charge is 2.25. The zero-order valence-electron chi connectivity index (χ0n) is 16.6. The van der Waals surface area contributed by atoms with E-state index in [4.69, 9.17) is 5.73 Å². The van der Waals surface area contributed by atoms with Crippen LogP contribution in [0.4, 0.5) is 0 Å². The third-order valence-corrected chi connectivity index (χ3v) is 5.54. The smallest absolute Gasteiger partial charge is 0.146 e. The maximum atomic E-state index is 6.41. The normalized spacial score (nSPS) is 17.6. The van der Waals surface area contributed by atoms with Gasteiger partial charge < -0.3 is 21.3 Å². The quantitative estimate of drug-likeness (QED) is 0.545. The molecule has 0 amide bonds. The fraction of sp³-hybridized carbons (Fsp3) is 0.524. The molecule has 0 aliphatic carbocycles. The molecule has 1 heterocycles. The number of nitrogens with one attached hydrogen (secondary N) is 2. The maximum absolute atomic E-state index is 6.41. The van der Waals surface area contributed by atoms with Crippen molar-refractivity contribution in [2.24, 2.45) is 5.73 Å². The first kappa shape index (κ1) is 20.7. The van der Waals surface area contributed by atoms with E-state index in [0.29, 0.717) is 0 Å². The van der Waals surface area contributed by atoms with E-state index in [1.165, 1.54) is 30.4 Å². The molecule has 4 N–H and O–H groups in total. The van der Waals surface area contributed by atoms with Crippen LogP contribution in [0.2, 0.25) is 0 Å². The van der Waals surface area contributed by atoms with Gasteiger partial charge in [-0.25, -0.2) is 0 Å². The molecule has 0 saturated heterocycles. The number of hydrogen-bond acceptors (Lipinski definition) is 5. The van der Waals surface area contributed by atoms with Crippen LogP contribution in [-0.2, 0) is 6.42 Å². The van der Waals surface area contributed by atoms with E-state index < -0.39 is 0 Å². The van der Waals surface area contributed by atoms with Gasteiger partial charge in [0.1, 0.15) is 5.50 Å². The number of benzene rings is 1. The summed E-state index contributed by atoms with van der Waals surface area (Å²) in [5.74, 6) is 1.15. The average Bonchev–Trinajstić information content (AvgIpc) is 3.07. The van der Waals surface area contributed by atoms with Crippen LogP contribution in [0.5, 0.6) is 0 Å². The van der Waals surface area contributed by atoms with Crippen molar-refractivity contribution in [3.8, 4) is 0 Å². The zero-order chi connectivity index (χ0) is 18.9. The summed E-state index contributed by atoms with van der Waals surface area (Å²) < 4.78 is 0. The van der Waals surface area contributed by atoms with Gasteiger partial charge in [0.05, 0.1) is 17.1 Å². The lowest BCUT2D eigenvalue weighted by Crippen LogP contribution is -2.30. The molecule has 0 saturated carbocycles. The van der Waals surface area contributed by atoms with Crippen LogP contribution in [0.15, 0.2) is 41.7 Å². The number of unbranched alkanes of at least 4 members (excludes halogenated alkanes) is 2. The maximum Gasteiger partial charge on any atom is 0.146 e. The molecule has 0 bridgehead atoms. The second kappa shape index (κ2) is 10.5. The van der Waals surface area contributed by atoms with Crippen molar-refractivity contribution in [3.05, 3.63) is 52.9 Å². The molecule has 2 rings (SSSR count). The highest BCUT2D eigenvalue weighted by Crippen LogP contribution is 2.27. The van der Waals surface area contributed by atoms with Crippen molar-refractivity contribution in [3.63, 3.8) is 0 Å². The summed E-state index contributed by atoms with van der Waals surface area (Å²) in [4.78, 5) is 2.11. The van der Waals surface area contributed by atoms with Crippen LogP contribution in [-0.4, -0.2) is 36.8 Å². The summed E-state index contributed by atoms with van der Waals surface area (Å²) in [5, 5.41) is 7.23. The first-order chi connectivity index (χ1) is 12.5. The molecule has 1 atom stereocenters. The molecule has 0 aromatic heterocycles. The van der Waals surface area contributed by atoms with Crippen LogP contribution < -0.4 is 16.4 Å². The Morgan fingerprint density at radius 2 is 1.88 bits per heavy atom. The van der Waals surface area contributed by atoms with Crippen molar-refractivity contribution in [1.29, 1.82) is 0 Å². The van der Waals surface area contributed by atoms with E-state index in [9.17, 15) is 0 Å². The summed E-state index contributed by atoms with van der Waals surface area (Å²) in [7, 11) is 4.10. The number of nitrogens with zero attached hydrogens (tertiary/aromatic N) is 1. The lowest BCUT2D eigenvalue weighted by Gasteiger charge is -2.14. The summed E-state index contributed by atoms with van der Waals surface area (Å²) in [5.41, 5.74) is 12.0. The number of nitrogens with two attached hydrogens (primary N) is 1.